The van der Waals surface area contributed by atoms with Gasteiger partial charge in [0, 0.05) is 24.2 Å². The Morgan fingerprint density at radius 1 is 1.04 bits per heavy atom. The van der Waals surface area contributed by atoms with E-state index in [-0.39, 0.29) is 16.5 Å². The van der Waals surface area contributed by atoms with Gasteiger partial charge >= 0.3 is 0 Å². The van der Waals surface area contributed by atoms with Gasteiger partial charge in [0.2, 0.25) is 10.0 Å². The summed E-state index contributed by atoms with van der Waals surface area (Å²) in [6, 6.07) is 13.7. The minimum Gasteiger partial charge on any atom is -0.321 e. The van der Waals surface area contributed by atoms with Crippen molar-refractivity contribution in [1.82, 2.24) is 14.5 Å². The number of nitrogens with one attached hydrogen (secondary N) is 2. The SMILES string of the molecule is O=C(Nc1cccc(S(=O)(=O)N2CCCCC2)c1)c1n[nH]c2ccccc12. The molecule has 0 radical (unpaired) electrons. The Kier molecular flexibility index (Phi) is 4.67. The molecule has 3 aromatic rings. The summed E-state index contributed by atoms with van der Waals surface area (Å²) in [4.78, 5) is 12.8. The van der Waals surface area contributed by atoms with Crippen LogP contribution in [0.4, 0.5) is 5.69 Å². The number of rotatable bonds is 4. The van der Waals surface area contributed by atoms with Crippen LogP contribution in [0.25, 0.3) is 10.9 Å². The maximum atomic E-state index is 12.8. The van der Waals surface area contributed by atoms with Gasteiger partial charge in [0.1, 0.15) is 0 Å². The van der Waals surface area contributed by atoms with E-state index in [9.17, 15) is 13.2 Å². The monoisotopic (exact) mass is 384 g/mol. The Bertz CT molecular complexity index is 1090. The third kappa shape index (κ3) is 3.45. The van der Waals surface area contributed by atoms with Crippen LogP contribution in [0.3, 0.4) is 0 Å². The molecule has 2 heterocycles. The van der Waals surface area contributed by atoms with Crippen molar-refractivity contribution < 1.29 is 13.2 Å². The number of piperidine rings is 1. The fraction of sp³-hybridized carbons (Fsp3) is 0.263. The topological polar surface area (TPSA) is 95.2 Å². The summed E-state index contributed by atoms with van der Waals surface area (Å²) in [6.07, 6.45) is 2.81. The first-order valence-corrected chi connectivity index (χ1v) is 10.3. The molecule has 2 aromatic carbocycles. The number of hydrogen-bond acceptors (Lipinski definition) is 4. The number of carbonyl (C=O) groups excluding carboxylic acids is 1. The lowest BCUT2D eigenvalue weighted by molar-refractivity contribution is 0.102. The average molecular weight is 384 g/mol. The molecule has 1 amide bonds. The van der Waals surface area contributed by atoms with Gasteiger partial charge in [-0.15, -0.1) is 0 Å². The number of anilines is 1. The van der Waals surface area contributed by atoms with Gasteiger partial charge in [0.15, 0.2) is 5.69 Å². The summed E-state index contributed by atoms with van der Waals surface area (Å²) in [5, 5.41) is 10.4. The number of benzene rings is 2. The Morgan fingerprint density at radius 3 is 2.63 bits per heavy atom. The van der Waals surface area contributed by atoms with Crippen LogP contribution in [0.2, 0.25) is 0 Å². The first kappa shape index (κ1) is 17.7. The van der Waals surface area contributed by atoms with Crippen molar-refractivity contribution in [3.05, 3.63) is 54.2 Å². The minimum atomic E-state index is -3.55. The molecule has 1 fully saturated rings. The molecule has 140 valence electrons. The summed E-state index contributed by atoms with van der Waals surface area (Å²) in [5.41, 5.74) is 1.46. The fourth-order valence-corrected chi connectivity index (χ4v) is 4.88. The molecule has 1 aromatic heterocycles. The van der Waals surface area contributed by atoms with Gasteiger partial charge in [-0.25, -0.2) is 8.42 Å². The van der Waals surface area contributed by atoms with E-state index in [2.05, 4.69) is 15.5 Å². The molecule has 4 rings (SSSR count). The van der Waals surface area contributed by atoms with Crippen LogP contribution >= 0.6 is 0 Å². The average Bonchev–Trinajstić information content (AvgIpc) is 3.13. The van der Waals surface area contributed by atoms with Gasteiger partial charge in [0.25, 0.3) is 5.91 Å². The molecule has 0 bridgehead atoms. The quantitative estimate of drug-likeness (QED) is 0.723. The largest absolute Gasteiger partial charge is 0.321 e. The second-order valence-corrected chi connectivity index (χ2v) is 8.50. The molecular formula is C19H20N4O3S. The van der Waals surface area contributed by atoms with E-state index >= 15 is 0 Å². The number of hydrogen-bond donors (Lipinski definition) is 2. The lowest BCUT2D eigenvalue weighted by atomic mass is 10.2. The van der Waals surface area contributed by atoms with Crippen LogP contribution in [0.15, 0.2) is 53.4 Å². The molecule has 0 atom stereocenters. The van der Waals surface area contributed by atoms with Crippen molar-refractivity contribution in [1.29, 1.82) is 0 Å². The van der Waals surface area contributed by atoms with Crippen molar-refractivity contribution in [3.63, 3.8) is 0 Å². The predicted molar refractivity (Wildman–Crippen MR) is 103 cm³/mol. The molecule has 0 aliphatic carbocycles. The number of sulfonamides is 1. The van der Waals surface area contributed by atoms with E-state index in [0.717, 1.165) is 24.8 Å². The highest BCUT2D eigenvalue weighted by atomic mass is 32.2. The Balaban J connectivity index is 1.58. The second kappa shape index (κ2) is 7.13. The van der Waals surface area contributed by atoms with Gasteiger partial charge in [-0.1, -0.05) is 30.7 Å². The number of aromatic nitrogens is 2. The smallest absolute Gasteiger partial charge is 0.276 e. The number of amides is 1. The van der Waals surface area contributed by atoms with E-state index in [0.29, 0.717) is 24.2 Å². The van der Waals surface area contributed by atoms with E-state index in [1.165, 1.54) is 10.4 Å². The number of nitrogens with zero attached hydrogens (tertiary/aromatic N) is 2. The van der Waals surface area contributed by atoms with Crippen LogP contribution in [0.5, 0.6) is 0 Å². The van der Waals surface area contributed by atoms with Crippen molar-refractivity contribution >= 4 is 32.5 Å². The maximum absolute atomic E-state index is 12.8. The normalized spacial score (nSPS) is 15.7. The summed E-state index contributed by atoms with van der Waals surface area (Å²) in [7, 11) is -3.55. The van der Waals surface area contributed by atoms with Crippen LogP contribution in [-0.4, -0.2) is 41.9 Å². The Morgan fingerprint density at radius 2 is 1.81 bits per heavy atom. The van der Waals surface area contributed by atoms with Crippen LogP contribution in [0.1, 0.15) is 29.8 Å². The van der Waals surface area contributed by atoms with Gasteiger partial charge in [-0.2, -0.15) is 9.40 Å². The summed E-state index contributed by atoms with van der Waals surface area (Å²) < 4.78 is 27.2. The molecule has 27 heavy (non-hydrogen) atoms. The maximum Gasteiger partial charge on any atom is 0.276 e. The van der Waals surface area contributed by atoms with Crippen molar-refractivity contribution in [2.24, 2.45) is 0 Å². The van der Waals surface area contributed by atoms with Crippen molar-refractivity contribution in [2.75, 3.05) is 18.4 Å². The van der Waals surface area contributed by atoms with Gasteiger partial charge in [-0.3, -0.25) is 9.89 Å². The van der Waals surface area contributed by atoms with Crippen LogP contribution < -0.4 is 5.32 Å². The number of H-pyrrole nitrogens is 1. The molecule has 0 spiro atoms. The predicted octanol–water partition coefficient (Wildman–Crippen LogP) is 2.99. The molecular weight excluding hydrogens is 364 g/mol. The highest BCUT2D eigenvalue weighted by Gasteiger charge is 2.26. The van der Waals surface area contributed by atoms with Crippen molar-refractivity contribution in [3.8, 4) is 0 Å². The zero-order valence-corrected chi connectivity index (χ0v) is 15.5. The molecule has 2 N–H and O–H groups in total. The number of para-hydroxylation sites is 1. The molecule has 0 unspecified atom stereocenters. The van der Waals surface area contributed by atoms with E-state index < -0.39 is 10.0 Å². The van der Waals surface area contributed by atoms with E-state index in [4.69, 9.17) is 0 Å². The fourth-order valence-electron chi connectivity index (χ4n) is 3.32. The van der Waals surface area contributed by atoms with Crippen LogP contribution in [0, 0.1) is 0 Å². The molecule has 8 heteroatoms. The number of carbonyl (C=O) groups is 1. The second-order valence-electron chi connectivity index (χ2n) is 6.56. The first-order valence-electron chi connectivity index (χ1n) is 8.90. The first-order chi connectivity index (χ1) is 13.1. The van der Waals surface area contributed by atoms with Crippen molar-refractivity contribution in [2.45, 2.75) is 24.2 Å². The van der Waals surface area contributed by atoms with E-state index in [1.807, 2.05) is 24.3 Å². The number of fused-ring (bicyclic) bond motifs is 1. The Hall–Kier alpha value is -2.71. The van der Waals surface area contributed by atoms with Gasteiger partial charge in [0.05, 0.1) is 10.4 Å². The van der Waals surface area contributed by atoms with Gasteiger partial charge < -0.3 is 5.32 Å². The third-order valence-corrected chi connectivity index (χ3v) is 6.62. The third-order valence-electron chi connectivity index (χ3n) is 4.73. The molecule has 0 saturated carbocycles. The Labute approximate surface area is 157 Å². The molecule has 1 aliphatic rings. The minimum absolute atomic E-state index is 0.189. The number of aromatic amines is 1. The molecule has 7 nitrogen and oxygen atoms in total. The highest BCUT2D eigenvalue weighted by molar-refractivity contribution is 7.89. The summed E-state index contributed by atoms with van der Waals surface area (Å²) in [6.45, 7) is 1.08. The molecule has 1 saturated heterocycles. The highest BCUT2D eigenvalue weighted by Crippen LogP contribution is 2.23. The summed E-state index contributed by atoms with van der Waals surface area (Å²) >= 11 is 0. The van der Waals surface area contributed by atoms with Gasteiger partial charge in [-0.05, 0) is 37.1 Å². The van der Waals surface area contributed by atoms with E-state index in [1.54, 1.807) is 18.2 Å². The molecule has 1 aliphatic heterocycles. The zero-order valence-electron chi connectivity index (χ0n) is 14.7. The zero-order chi connectivity index (χ0) is 18.9. The van der Waals surface area contributed by atoms with Crippen LogP contribution in [-0.2, 0) is 10.0 Å². The lowest BCUT2D eigenvalue weighted by Gasteiger charge is -2.26. The lowest BCUT2D eigenvalue weighted by Crippen LogP contribution is -2.35. The summed E-state index contributed by atoms with van der Waals surface area (Å²) in [5.74, 6) is -0.389. The standard InChI is InChI=1S/C19H20N4O3S/c24-19(18-16-9-2-3-10-17(16)21-22-18)20-14-7-6-8-15(13-14)27(25,26)23-11-4-1-5-12-23/h2-3,6-10,13H,1,4-5,11-12H2,(H,20,24)(H,21,22).